The van der Waals surface area contributed by atoms with Gasteiger partial charge in [-0.25, -0.2) is 0 Å². The molecule has 4 rings (SSSR count). The zero-order chi connectivity index (χ0) is 18.0. The molecule has 1 unspecified atom stereocenters. The Morgan fingerprint density at radius 3 is 2.65 bits per heavy atom. The number of hydrogen-bond acceptors (Lipinski definition) is 3. The highest BCUT2D eigenvalue weighted by molar-refractivity contribution is 5.86. The summed E-state index contributed by atoms with van der Waals surface area (Å²) < 4.78 is 0. The highest BCUT2D eigenvalue weighted by atomic mass is 16.3. The minimum absolute atomic E-state index is 0.185. The first-order chi connectivity index (χ1) is 12.7. The lowest BCUT2D eigenvalue weighted by Gasteiger charge is -2.41. The SMILES string of the molecule is CN[C@@H]1CCN(CC(c2cccc3ccccc23)C2(O)CCCCC2)C1. The van der Waals surface area contributed by atoms with Gasteiger partial charge < -0.3 is 15.3 Å². The summed E-state index contributed by atoms with van der Waals surface area (Å²) in [5.41, 5.74) is 0.764. The summed E-state index contributed by atoms with van der Waals surface area (Å²) in [6.07, 6.45) is 6.63. The van der Waals surface area contributed by atoms with E-state index in [9.17, 15) is 5.11 Å². The Kier molecular flexibility index (Phi) is 5.30. The molecule has 3 heteroatoms. The van der Waals surface area contributed by atoms with E-state index in [1.807, 2.05) is 0 Å². The van der Waals surface area contributed by atoms with Crippen LogP contribution in [0.1, 0.15) is 50.0 Å². The fraction of sp³-hybridized carbons (Fsp3) is 0.565. The van der Waals surface area contributed by atoms with Crippen LogP contribution in [0, 0.1) is 0 Å². The van der Waals surface area contributed by atoms with Gasteiger partial charge in [-0.15, -0.1) is 0 Å². The zero-order valence-electron chi connectivity index (χ0n) is 16.0. The number of nitrogens with zero attached hydrogens (tertiary/aromatic N) is 1. The van der Waals surface area contributed by atoms with Gasteiger partial charge in [0, 0.05) is 25.0 Å². The number of hydrogen-bond donors (Lipinski definition) is 2. The van der Waals surface area contributed by atoms with Crippen LogP contribution < -0.4 is 5.32 Å². The van der Waals surface area contributed by atoms with Gasteiger partial charge in [-0.1, -0.05) is 61.7 Å². The lowest BCUT2D eigenvalue weighted by atomic mass is 9.71. The van der Waals surface area contributed by atoms with Gasteiger partial charge in [0.15, 0.2) is 0 Å². The Hall–Kier alpha value is -1.42. The quantitative estimate of drug-likeness (QED) is 0.856. The lowest BCUT2D eigenvalue weighted by Crippen LogP contribution is -2.44. The number of benzene rings is 2. The van der Waals surface area contributed by atoms with Crippen molar-refractivity contribution in [1.29, 1.82) is 0 Å². The number of likely N-dealkylation sites (N-methyl/N-ethyl adjacent to an activating group) is 1. The predicted octanol–water partition coefficient (Wildman–Crippen LogP) is 3.91. The molecule has 1 aliphatic carbocycles. The van der Waals surface area contributed by atoms with Crippen LogP contribution in [-0.2, 0) is 0 Å². The van der Waals surface area contributed by atoms with E-state index in [1.165, 1.54) is 29.2 Å². The van der Waals surface area contributed by atoms with Crippen LogP contribution in [0.4, 0.5) is 0 Å². The summed E-state index contributed by atoms with van der Waals surface area (Å²) in [5.74, 6) is 0.185. The second-order valence-corrected chi connectivity index (χ2v) is 8.32. The average Bonchev–Trinajstić information content (AvgIpc) is 3.14. The minimum Gasteiger partial charge on any atom is -0.389 e. The fourth-order valence-corrected chi connectivity index (χ4v) is 5.12. The number of fused-ring (bicyclic) bond motifs is 1. The monoisotopic (exact) mass is 352 g/mol. The molecule has 0 amide bonds. The molecule has 3 nitrogen and oxygen atoms in total. The molecule has 0 aromatic heterocycles. The maximum atomic E-state index is 11.7. The minimum atomic E-state index is -0.569. The Labute approximate surface area is 157 Å². The molecule has 1 saturated carbocycles. The normalized spacial score (nSPS) is 24.8. The van der Waals surface area contributed by atoms with Crippen molar-refractivity contribution >= 4 is 10.8 Å². The molecule has 1 aliphatic heterocycles. The molecule has 2 aromatic carbocycles. The maximum Gasteiger partial charge on any atom is 0.0728 e. The van der Waals surface area contributed by atoms with Gasteiger partial charge >= 0.3 is 0 Å². The summed E-state index contributed by atoms with van der Waals surface area (Å²) in [6, 6.07) is 15.8. The second-order valence-electron chi connectivity index (χ2n) is 8.32. The summed E-state index contributed by atoms with van der Waals surface area (Å²) >= 11 is 0. The van der Waals surface area contributed by atoms with Crippen LogP contribution in [0.3, 0.4) is 0 Å². The van der Waals surface area contributed by atoms with Crippen LogP contribution in [0.25, 0.3) is 10.8 Å². The van der Waals surface area contributed by atoms with Crippen molar-refractivity contribution in [3.63, 3.8) is 0 Å². The van der Waals surface area contributed by atoms with E-state index in [1.54, 1.807) is 0 Å². The Morgan fingerprint density at radius 2 is 1.88 bits per heavy atom. The standard InChI is InChI=1S/C23H32N2O/c1-24-19-12-15-25(16-19)17-22(23(26)13-5-2-6-14-23)21-11-7-9-18-8-3-4-10-20(18)21/h3-4,7-11,19,22,24,26H,2,5-6,12-17H2,1H3/t19-,22?/m1/s1. The third-order valence-electron chi connectivity index (χ3n) is 6.69. The van der Waals surface area contributed by atoms with E-state index in [2.05, 4.69) is 59.7 Å². The zero-order valence-corrected chi connectivity index (χ0v) is 16.0. The maximum absolute atomic E-state index is 11.7. The van der Waals surface area contributed by atoms with Crippen molar-refractivity contribution in [2.45, 2.75) is 56.1 Å². The van der Waals surface area contributed by atoms with Gasteiger partial charge in [-0.3, -0.25) is 0 Å². The molecular formula is C23H32N2O. The average molecular weight is 353 g/mol. The molecule has 26 heavy (non-hydrogen) atoms. The summed E-state index contributed by atoms with van der Waals surface area (Å²) in [5, 5.41) is 17.7. The molecule has 2 fully saturated rings. The summed E-state index contributed by atoms with van der Waals surface area (Å²) in [6.45, 7) is 3.18. The predicted molar refractivity (Wildman–Crippen MR) is 109 cm³/mol. The topological polar surface area (TPSA) is 35.5 Å². The molecule has 2 aromatic rings. The number of rotatable bonds is 5. The van der Waals surface area contributed by atoms with Crippen molar-refractivity contribution < 1.29 is 5.11 Å². The van der Waals surface area contributed by atoms with E-state index in [-0.39, 0.29) is 5.92 Å². The van der Waals surface area contributed by atoms with Crippen molar-refractivity contribution in [2.24, 2.45) is 0 Å². The molecule has 2 N–H and O–H groups in total. The molecule has 0 bridgehead atoms. The fourth-order valence-electron chi connectivity index (χ4n) is 5.12. The summed E-state index contributed by atoms with van der Waals surface area (Å²) in [4.78, 5) is 2.56. The summed E-state index contributed by atoms with van der Waals surface area (Å²) in [7, 11) is 2.06. The van der Waals surface area contributed by atoms with E-state index in [4.69, 9.17) is 0 Å². The first-order valence-corrected chi connectivity index (χ1v) is 10.3. The molecule has 1 heterocycles. The Morgan fingerprint density at radius 1 is 1.12 bits per heavy atom. The van der Waals surface area contributed by atoms with Gasteiger partial charge in [-0.2, -0.15) is 0 Å². The van der Waals surface area contributed by atoms with Crippen molar-refractivity contribution in [3.8, 4) is 0 Å². The van der Waals surface area contributed by atoms with Crippen LogP contribution >= 0.6 is 0 Å². The largest absolute Gasteiger partial charge is 0.389 e. The van der Waals surface area contributed by atoms with Crippen LogP contribution in [0.2, 0.25) is 0 Å². The van der Waals surface area contributed by atoms with Crippen molar-refractivity contribution in [3.05, 3.63) is 48.0 Å². The molecular weight excluding hydrogens is 320 g/mol. The third kappa shape index (κ3) is 3.53. The molecule has 2 aliphatic rings. The van der Waals surface area contributed by atoms with Gasteiger partial charge in [0.05, 0.1) is 5.60 Å². The molecule has 2 atom stereocenters. The van der Waals surface area contributed by atoms with Crippen LogP contribution in [-0.4, -0.2) is 48.3 Å². The van der Waals surface area contributed by atoms with Crippen LogP contribution in [0.5, 0.6) is 0 Å². The molecule has 0 spiro atoms. The van der Waals surface area contributed by atoms with E-state index in [0.29, 0.717) is 6.04 Å². The van der Waals surface area contributed by atoms with Crippen molar-refractivity contribution in [2.75, 3.05) is 26.7 Å². The van der Waals surface area contributed by atoms with Gasteiger partial charge in [0.2, 0.25) is 0 Å². The number of nitrogens with one attached hydrogen (secondary N) is 1. The number of likely N-dealkylation sites (tertiary alicyclic amines) is 1. The Balaban J connectivity index is 1.70. The smallest absolute Gasteiger partial charge is 0.0728 e. The third-order valence-corrected chi connectivity index (χ3v) is 6.69. The van der Waals surface area contributed by atoms with Crippen LogP contribution in [0.15, 0.2) is 42.5 Å². The van der Waals surface area contributed by atoms with E-state index < -0.39 is 5.60 Å². The highest BCUT2D eigenvalue weighted by Crippen LogP contribution is 2.42. The van der Waals surface area contributed by atoms with Gasteiger partial charge in [0.1, 0.15) is 0 Å². The Bertz CT molecular complexity index is 733. The number of aliphatic hydroxyl groups is 1. The molecule has 1 saturated heterocycles. The first kappa shape index (κ1) is 18.0. The first-order valence-electron chi connectivity index (χ1n) is 10.3. The van der Waals surface area contributed by atoms with Crippen molar-refractivity contribution in [1.82, 2.24) is 10.2 Å². The second kappa shape index (κ2) is 7.67. The lowest BCUT2D eigenvalue weighted by molar-refractivity contribution is -0.0291. The molecule has 0 radical (unpaired) electrons. The van der Waals surface area contributed by atoms with E-state index >= 15 is 0 Å². The molecule has 140 valence electrons. The van der Waals surface area contributed by atoms with E-state index in [0.717, 1.165) is 45.3 Å². The van der Waals surface area contributed by atoms with Gasteiger partial charge in [-0.05, 0) is 49.2 Å². The highest BCUT2D eigenvalue weighted by Gasteiger charge is 2.40. The van der Waals surface area contributed by atoms with Gasteiger partial charge in [0.25, 0.3) is 0 Å².